The maximum Gasteiger partial charge on any atom is 0.319 e. The summed E-state index contributed by atoms with van der Waals surface area (Å²) in [5, 5.41) is 5.43. The number of urea groups is 1. The number of rotatable bonds is 2. The zero-order chi connectivity index (χ0) is 12.4. The van der Waals surface area contributed by atoms with Gasteiger partial charge in [0.2, 0.25) is 0 Å². The minimum atomic E-state index is -0.314. The lowest BCUT2D eigenvalue weighted by Gasteiger charge is -2.36. The quantitative estimate of drug-likeness (QED) is 0.820. The molecule has 4 nitrogen and oxygen atoms in total. The molecule has 2 amide bonds. The first-order valence-electron chi connectivity index (χ1n) is 5.57. The van der Waals surface area contributed by atoms with Gasteiger partial charge in [-0.1, -0.05) is 6.07 Å². The van der Waals surface area contributed by atoms with Crippen LogP contribution in [0.15, 0.2) is 18.2 Å². The van der Waals surface area contributed by atoms with Crippen molar-refractivity contribution >= 4 is 11.7 Å². The fraction of sp³-hybridized carbons (Fsp3) is 0.417. The van der Waals surface area contributed by atoms with Crippen LogP contribution in [-0.2, 0) is 0 Å². The van der Waals surface area contributed by atoms with Crippen molar-refractivity contribution in [1.82, 2.24) is 10.2 Å². The highest BCUT2D eigenvalue weighted by molar-refractivity contribution is 5.89. The van der Waals surface area contributed by atoms with Crippen molar-refractivity contribution in [2.75, 3.05) is 25.5 Å². The number of carbonyl (C=O) groups is 1. The lowest BCUT2D eigenvalue weighted by atomic mass is 10.1. The number of halogens is 1. The molecule has 0 radical (unpaired) electrons. The zero-order valence-electron chi connectivity index (χ0n) is 9.96. The van der Waals surface area contributed by atoms with Gasteiger partial charge in [0.15, 0.2) is 0 Å². The van der Waals surface area contributed by atoms with Gasteiger partial charge in [-0.05, 0) is 31.7 Å². The van der Waals surface area contributed by atoms with E-state index in [0.717, 1.165) is 13.1 Å². The molecule has 2 rings (SSSR count). The Bertz CT molecular complexity index is 430. The average Bonchev–Trinajstić information content (AvgIpc) is 2.21. The van der Waals surface area contributed by atoms with Crippen molar-refractivity contribution in [3.8, 4) is 0 Å². The van der Waals surface area contributed by atoms with Crippen LogP contribution in [-0.4, -0.2) is 37.1 Å². The molecule has 1 saturated heterocycles. The second kappa shape index (κ2) is 4.71. The molecule has 1 aromatic rings. The Hall–Kier alpha value is -1.62. The molecule has 1 fully saturated rings. The number of likely N-dealkylation sites (tertiary alicyclic amines) is 1. The molecule has 1 heterocycles. The number of benzene rings is 1. The zero-order valence-corrected chi connectivity index (χ0v) is 9.96. The van der Waals surface area contributed by atoms with Crippen LogP contribution in [0.1, 0.15) is 5.56 Å². The third-order valence-electron chi connectivity index (χ3n) is 2.83. The number of amides is 2. The highest BCUT2D eigenvalue weighted by Gasteiger charge is 2.24. The van der Waals surface area contributed by atoms with E-state index in [9.17, 15) is 9.18 Å². The van der Waals surface area contributed by atoms with E-state index >= 15 is 0 Å². The Kier molecular flexibility index (Phi) is 3.28. The largest absolute Gasteiger partial charge is 0.333 e. The van der Waals surface area contributed by atoms with E-state index in [1.165, 1.54) is 6.07 Å². The molecule has 0 aliphatic carbocycles. The lowest BCUT2D eigenvalue weighted by Crippen LogP contribution is -2.58. The van der Waals surface area contributed by atoms with Gasteiger partial charge >= 0.3 is 6.03 Å². The third-order valence-corrected chi connectivity index (χ3v) is 2.83. The minimum absolute atomic E-state index is 0.190. The minimum Gasteiger partial charge on any atom is -0.333 e. The standard InChI is InChI=1S/C12H16FN3O/c1-8-3-4-9(5-11(8)13)14-12(17)15-10-6-16(2)7-10/h3-5,10H,6-7H2,1-2H3,(H2,14,15,17). The second-order valence-electron chi connectivity index (χ2n) is 4.48. The highest BCUT2D eigenvalue weighted by Crippen LogP contribution is 2.13. The first-order valence-corrected chi connectivity index (χ1v) is 5.57. The number of carbonyl (C=O) groups excluding carboxylic acids is 1. The van der Waals surface area contributed by atoms with Crippen molar-refractivity contribution < 1.29 is 9.18 Å². The summed E-state index contributed by atoms with van der Waals surface area (Å²) in [4.78, 5) is 13.7. The van der Waals surface area contributed by atoms with Crippen molar-refractivity contribution in [3.05, 3.63) is 29.6 Å². The second-order valence-corrected chi connectivity index (χ2v) is 4.48. The third kappa shape index (κ3) is 2.94. The summed E-state index contributed by atoms with van der Waals surface area (Å²) in [5.41, 5.74) is 1.04. The van der Waals surface area contributed by atoms with E-state index in [4.69, 9.17) is 0 Å². The van der Waals surface area contributed by atoms with Crippen LogP contribution >= 0.6 is 0 Å². The van der Waals surface area contributed by atoms with Gasteiger partial charge in [0.25, 0.3) is 0 Å². The first-order chi connectivity index (χ1) is 8.04. The molecular formula is C12H16FN3O. The lowest BCUT2D eigenvalue weighted by molar-refractivity contribution is 0.165. The summed E-state index contributed by atoms with van der Waals surface area (Å²) in [6.45, 7) is 3.40. The summed E-state index contributed by atoms with van der Waals surface area (Å²) in [6.07, 6.45) is 0. The van der Waals surface area contributed by atoms with Gasteiger partial charge in [0.1, 0.15) is 5.82 Å². The highest BCUT2D eigenvalue weighted by atomic mass is 19.1. The summed E-state index contributed by atoms with van der Waals surface area (Å²) in [7, 11) is 1.99. The van der Waals surface area contributed by atoms with Crippen LogP contribution < -0.4 is 10.6 Å². The molecule has 92 valence electrons. The van der Waals surface area contributed by atoms with Gasteiger partial charge in [0, 0.05) is 18.8 Å². The normalized spacial score (nSPS) is 16.4. The summed E-state index contributed by atoms with van der Waals surface area (Å²) >= 11 is 0. The molecule has 2 N–H and O–H groups in total. The molecule has 5 heteroatoms. The van der Waals surface area contributed by atoms with E-state index in [2.05, 4.69) is 15.5 Å². The van der Waals surface area contributed by atoms with E-state index in [0.29, 0.717) is 11.3 Å². The summed E-state index contributed by atoms with van der Waals surface area (Å²) in [5.74, 6) is -0.314. The molecule has 0 spiro atoms. The van der Waals surface area contributed by atoms with Crippen molar-refractivity contribution in [1.29, 1.82) is 0 Å². The Morgan fingerprint density at radius 2 is 2.18 bits per heavy atom. The molecule has 0 atom stereocenters. The average molecular weight is 237 g/mol. The van der Waals surface area contributed by atoms with Crippen LogP contribution in [0, 0.1) is 12.7 Å². The molecule has 0 bridgehead atoms. The molecule has 0 aromatic heterocycles. The maximum absolute atomic E-state index is 13.2. The molecule has 0 unspecified atom stereocenters. The monoisotopic (exact) mass is 237 g/mol. The van der Waals surface area contributed by atoms with E-state index in [1.54, 1.807) is 19.1 Å². The van der Waals surface area contributed by atoms with Gasteiger partial charge < -0.3 is 15.5 Å². The molecule has 1 aromatic carbocycles. The SMILES string of the molecule is Cc1ccc(NC(=O)NC2CN(C)C2)cc1F. The first kappa shape index (κ1) is 11.9. The van der Waals surface area contributed by atoms with E-state index in [-0.39, 0.29) is 17.9 Å². The van der Waals surface area contributed by atoms with Gasteiger partial charge in [-0.2, -0.15) is 0 Å². The van der Waals surface area contributed by atoms with Crippen molar-refractivity contribution in [2.24, 2.45) is 0 Å². The smallest absolute Gasteiger partial charge is 0.319 e. The number of aryl methyl sites for hydroxylation is 1. The van der Waals surface area contributed by atoms with E-state index in [1.807, 2.05) is 7.05 Å². The molecule has 0 saturated carbocycles. The van der Waals surface area contributed by atoms with Crippen molar-refractivity contribution in [2.45, 2.75) is 13.0 Å². The molecule has 1 aliphatic rings. The summed E-state index contributed by atoms with van der Waals surface area (Å²) < 4.78 is 13.2. The van der Waals surface area contributed by atoms with Gasteiger partial charge in [0.05, 0.1) is 6.04 Å². The van der Waals surface area contributed by atoms with E-state index < -0.39 is 0 Å². The summed E-state index contributed by atoms with van der Waals surface area (Å²) in [6, 6.07) is 4.55. The molecule has 17 heavy (non-hydrogen) atoms. The van der Waals surface area contributed by atoms with Crippen LogP contribution in [0.25, 0.3) is 0 Å². The number of anilines is 1. The predicted octanol–water partition coefficient (Wildman–Crippen LogP) is 1.57. The predicted molar refractivity (Wildman–Crippen MR) is 64.6 cm³/mol. The van der Waals surface area contributed by atoms with Gasteiger partial charge in [-0.3, -0.25) is 0 Å². The Balaban J connectivity index is 1.87. The fourth-order valence-electron chi connectivity index (χ4n) is 1.81. The molecular weight excluding hydrogens is 221 g/mol. The van der Waals surface area contributed by atoms with Crippen LogP contribution in [0.2, 0.25) is 0 Å². The Labute approximate surface area is 99.8 Å². The maximum atomic E-state index is 13.2. The number of hydrogen-bond donors (Lipinski definition) is 2. The number of nitrogens with one attached hydrogen (secondary N) is 2. The Morgan fingerprint density at radius 3 is 2.76 bits per heavy atom. The number of hydrogen-bond acceptors (Lipinski definition) is 2. The van der Waals surface area contributed by atoms with Crippen LogP contribution in [0.4, 0.5) is 14.9 Å². The van der Waals surface area contributed by atoms with Crippen LogP contribution in [0.3, 0.4) is 0 Å². The van der Waals surface area contributed by atoms with Crippen LogP contribution in [0.5, 0.6) is 0 Å². The number of nitrogens with zero attached hydrogens (tertiary/aromatic N) is 1. The number of likely N-dealkylation sites (N-methyl/N-ethyl adjacent to an activating group) is 1. The topological polar surface area (TPSA) is 44.4 Å². The van der Waals surface area contributed by atoms with Gasteiger partial charge in [-0.25, -0.2) is 9.18 Å². The van der Waals surface area contributed by atoms with Crippen molar-refractivity contribution in [3.63, 3.8) is 0 Å². The van der Waals surface area contributed by atoms with Gasteiger partial charge in [-0.15, -0.1) is 0 Å². The molecule has 1 aliphatic heterocycles. The Morgan fingerprint density at radius 1 is 1.47 bits per heavy atom. The fourth-order valence-corrected chi connectivity index (χ4v) is 1.81.